The number of sulfonamides is 1. The second-order valence-corrected chi connectivity index (χ2v) is 9.87. The lowest BCUT2D eigenvalue weighted by atomic mass is 9.96. The molecule has 0 aromatic heterocycles. The van der Waals surface area contributed by atoms with Crippen molar-refractivity contribution >= 4 is 38.5 Å². The summed E-state index contributed by atoms with van der Waals surface area (Å²) in [5.74, 6) is 0.799. The van der Waals surface area contributed by atoms with E-state index in [4.69, 9.17) is 16.3 Å². The summed E-state index contributed by atoms with van der Waals surface area (Å²) in [6, 6.07) is 23.3. The van der Waals surface area contributed by atoms with Crippen molar-refractivity contribution in [1.29, 1.82) is 0 Å². The minimum absolute atomic E-state index is 0.478. The SMILES string of the molecule is CS(=O)(=O)Nc1cccc(C2=C(c3cc(Cl)ccc3OCc3ccccc3)CCC2)c1. The molecule has 1 N–H and O–H groups in total. The first kappa shape index (κ1) is 21.5. The summed E-state index contributed by atoms with van der Waals surface area (Å²) in [5.41, 5.74) is 6.06. The molecule has 0 unspecified atom stereocenters. The van der Waals surface area contributed by atoms with E-state index in [-0.39, 0.29) is 0 Å². The number of hydrogen-bond acceptors (Lipinski definition) is 3. The van der Waals surface area contributed by atoms with Crippen LogP contribution in [0.1, 0.15) is 36.0 Å². The zero-order valence-electron chi connectivity index (χ0n) is 17.3. The van der Waals surface area contributed by atoms with Crippen LogP contribution in [0.4, 0.5) is 5.69 Å². The molecule has 0 saturated heterocycles. The highest BCUT2D eigenvalue weighted by molar-refractivity contribution is 7.92. The Labute approximate surface area is 188 Å². The van der Waals surface area contributed by atoms with Gasteiger partial charge in [0.15, 0.2) is 0 Å². The monoisotopic (exact) mass is 453 g/mol. The largest absolute Gasteiger partial charge is 0.488 e. The third-order valence-electron chi connectivity index (χ3n) is 5.24. The van der Waals surface area contributed by atoms with Crippen LogP contribution >= 0.6 is 11.6 Å². The van der Waals surface area contributed by atoms with Gasteiger partial charge < -0.3 is 4.74 Å². The van der Waals surface area contributed by atoms with E-state index in [1.807, 2.05) is 66.7 Å². The fourth-order valence-electron chi connectivity index (χ4n) is 3.94. The molecule has 6 heteroatoms. The first-order valence-corrected chi connectivity index (χ1v) is 12.4. The normalized spacial score (nSPS) is 14.0. The first-order valence-electron chi connectivity index (χ1n) is 10.2. The maximum atomic E-state index is 11.6. The van der Waals surface area contributed by atoms with Crippen LogP contribution in [0, 0.1) is 0 Å². The van der Waals surface area contributed by atoms with Gasteiger partial charge in [0.25, 0.3) is 0 Å². The summed E-state index contributed by atoms with van der Waals surface area (Å²) in [4.78, 5) is 0. The maximum Gasteiger partial charge on any atom is 0.229 e. The number of allylic oxidation sites excluding steroid dienone is 2. The minimum atomic E-state index is -3.33. The fraction of sp³-hybridized carbons (Fsp3) is 0.200. The lowest BCUT2D eigenvalue weighted by Crippen LogP contribution is -2.09. The molecule has 0 radical (unpaired) electrons. The van der Waals surface area contributed by atoms with Gasteiger partial charge in [-0.2, -0.15) is 0 Å². The van der Waals surface area contributed by atoms with Crippen molar-refractivity contribution in [2.45, 2.75) is 25.9 Å². The Hall–Kier alpha value is -2.76. The van der Waals surface area contributed by atoms with E-state index in [0.29, 0.717) is 17.3 Å². The highest BCUT2D eigenvalue weighted by Crippen LogP contribution is 2.44. The van der Waals surface area contributed by atoms with Gasteiger partial charge in [0, 0.05) is 16.3 Å². The van der Waals surface area contributed by atoms with E-state index in [2.05, 4.69) is 4.72 Å². The molecule has 0 heterocycles. The molecule has 1 aliphatic rings. The molecule has 0 fully saturated rings. The number of halogens is 1. The van der Waals surface area contributed by atoms with E-state index in [9.17, 15) is 8.42 Å². The summed E-state index contributed by atoms with van der Waals surface area (Å²) in [7, 11) is -3.33. The average Bonchev–Trinajstić information content (AvgIpc) is 3.22. The van der Waals surface area contributed by atoms with Crippen LogP contribution in [0.15, 0.2) is 72.8 Å². The van der Waals surface area contributed by atoms with Crippen molar-refractivity contribution in [1.82, 2.24) is 0 Å². The van der Waals surface area contributed by atoms with Crippen molar-refractivity contribution in [3.63, 3.8) is 0 Å². The second kappa shape index (κ2) is 9.16. The predicted molar refractivity (Wildman–Crippen MR) is 128 cm³/mol. The molecule has 0 atom stereocenters. The Kier molecular flexibility index (Phi) is 6.35. The van der Waals surface area contributed by atoms with Crippen molar-refractivity contribution in [2.75, 3.05) is 11.0 Å². The zero-order valence-corrected chi connectivity index (χ0v) is 18.8. The van der Waals surface area contributed by atoms with Gasteiger partial charge in [-0.25, -0.2) is 8.42 Å². The Balaban J connectivity index is 1.70. The van der Waals surface area contributed by atoms with E-state index >= 15 is 0 Å². The van der Waals surface area contributed by atoms with Gasteiger partial charge in [-0.05, 0) is 71.9 Å². The van der Waals surface area contributed by atoms with Gasteiger partial charge >= 0.3 is 0 Å². The Morgan fingerprint density at radius 3 is 2.48 bits per heavy atom. The summed E-state index contributed by atoms with van der Waals surface area (Å²) in [6.07, 6.45) is 4.02. The number of benzene rings is 3. The van der Waals surface area contributed by atoms with E-state index in [0.717, 1.165) is 48.0 Å². The Morgan fingerprint density at radius 1 is 0.935 bits per heavy atom. The highest BCUT2D eigenvalue weighted by atomic mass is 35.5. The Morgan fingerprint density at radius 2 is 1.71 bits per heavy atom. The molecule has 4 nitrogen and oxygen atoms in total. The Bertz CT molecular complexity index is 1220. The maximum absolute atomic E-state index is 11.6. The fourth-order valence-corrected chi connectivity index (χ4v) is 4.67. The van der Waals surface area contributed by atoms with Crippen LogP contribution in [0.25, 0.3) is 11.1 Å². The van der Waals surface area contributed by atoms with E-state index in [1.54, 1.807) is 6.07 Å². The smallest absolute Gasteiger partial charge is 0.229 e. The summed E-state index contributed by atoms with van der Waals surface area (Å²) >= 11 is 6.35. The topological polar surface area (TPSA) is 55.4 Å². The molecular formula is C25H24ClNO3S. The average molecular weight is 454 g/mol. The molecule has 0 aliphatic heterocycles. The molecule has 1 aliphatic carbocycles. The number of nitrogens with one attached hydrogen (secondary N) is 1. The molecule has 31 heavy (non-hydrogen) atoms. The number of rotatable bonds is 7. The summed E-state index contributed by atoms with van der Waals surface area (Å²) in [5, 5.41) is 0.660. The molecule has 0 spiro atoms. The van der Waals surface area contributed by atoms with Gasteiger partial charge in [-0.15, -0.1) is 0 Å². The van der Waals surface area contributed by atoms with Gasteiger partial charge in [-0.1, -0.05) is 54.1 Å². The van der Waals surface area contributed by atoms with E-state index < -0.39 is 10.0 Å². The van der Waals surface area contributed by atoms with Crippen LogP contribution < -0.4 is 9.46 Å². The third-order valence-corrected chi connectivity index (χ3v) is 6.08. The molecule has 0 saturated carbocycles. The second-order valence-electron chi connectivity index (χ2n) is 7.68. The zero-order chi connectivity index (χ0) is 21.8. The molecular weight excluding hydrogens is 430 g/mol. The van der Waals surface area contributed by atoms with Crippen molar-refractivity contribution < 1.29 is 13.2 Å². The molecule has 0 amide bonds. The summed E-state index contributed by atoms with van der Waals surface area (Å²) in [6.45, 7) is 0.478. The van der Waals surface area contributed by atoms with Crippen molar-refractivity contribution in [3.05, 3.63) is 94.5 Å². The van der Waals surface area contributed by atoms with Gasteiger partial charge in [-0.3, -0.25) is 4.72 Å². The lowest BCUT2D eigenvalue weighted by molar-refractivity contribution is 0.305. The number of anilines is 1. The van der Waals surface area contributed by atoms with Gasteiger partial charge in [0.1, 0.15) is 12.4 Å². The van der Waals surface area contributed by atoms with Gasteiger partial charge in [0.05, 0.1) is 6.26 Å². The number of hydrogen-bond donors (Lipinski definition) is 1. The van der Waals surface area contributed by atoms with Gasteiger partial charge in [0.2, 0.25) is 10.0 Å². The highest BCUT2D eigenvalue weighted by Gasteiger charge is 2.21. The van der Waals surface area contributed by atoms with Crippen LogP contribution in [0.3, 0.4) is 0 Å². The van der Waals surface area contributed by atoms with Crippen LogP contribution in [-0.4, -0.2) is 14.7 Å². The van der Waals surface area contributed by atoms with Crippen molar-refractivity contribution in [3.8, 4) is 5.75 Å². The molecule has 0 bridgehead atoms. The number of ether oxygens (including phenoxy) is 1. The summed E-state index contributed by atoms with van der Waals surface area (Å²) < 4.78 is 32.0. The van der Waals surface area contributed by atoms with Crippen LogP contribution in [0.2, 0.25) is 5.02 Å². The van der Waals surface area contributed by atoms with Crippen LogP contribution in [-0.2, 0) is 16.6 Å². The predicted octanol–water partition coefficient (Wildman–Crippen LogP) is 6.39. The third kappa shape index (κ3) is 5.49. The van der Waals surface area contributed by atoms with Crippen molar-refractivity contribution in [2.24, 2.45) is 0 Å². The quantitative estimate of drug-likeness (QED) is 0.451. The standard InChI is InChI=1S/C25H24ClNO3S/c1-31(28,29)27-21-10-5-9-19(15-21)22-11-6-12-23(22)24-16-20(26)13-14-25(24)30-17-18-7-3-2-4-8-18/h2-5,7-10,13-16,27H,6,11-12,17H2,1H3. The molecule has 160 valence electrons. The van der Waals surface area contributed by atoms with E-state index in [1.165, 1.54) is 11.1 Å². The van der Waals surface area contributed by atoms with Crippen LogP contribution in [0.5, 0.6) is 5.75 Å². The lowest BCUT2D eigenvalue weighted by Gasteiger charge is -2.16. The minimum Gasteiger partial charge on any atom is -0.488 e. The molecule has 4 rings (SSSR count). The molecule has 3 aromatic rings. The molecule has 3 aromatic carbocycles. The first-order chi connectivity index (χ1) is 14.9.